The van der Waals surface area contributed by atoms with Gasteiger partial charge in [0.2, 0.25) is 0 Å². The minimum atomic E-state index is 0.0489. The van der Waals surface area contributed by atoms with Crippen LogP contribution in [0.1, 0.15) is 63.9 Å². The van der Waals surface area contributed by atoms with Crippen molar-refractivity contribution in [3.63, 3.8) is 0 Å². The Labute approximate surface area is 135 Å². The fraction of sp³-hybridized carbons (Fsp3) is 0.667. The third kappa shape index (κ3) is 5.32. The monoisotopic (exact) mass is 305 g/mol. The summed E-state index contributed by atoms with van der Waals surface area (Å²) in [4.78, 5) is 21.2. The van der Waals surface area contributed by atoms with Crippen LogP contribution in [0.3, 0.4) is 0 Å². The van der Waals surface area contributed by atoms with Crippen LogP contribution in [0.2, 0.25) is 0 Å². The number of aromatic nitrogens is 1. The van der Waals surface area contributed by atoms with Gasteiger partial charge in [0.1, 0.15) is 5.69 Å². The summed E-state index contributed by atoms with van der Waals surface area (Å²) < 4.78 is 0. The highest BCUT2D eigenvalue weighted by atomic mass is 16.2. The molecule has 1 heterocycles. The molecule has 0 aromatic carbocycles. The lowest BCUT2D eigenvalue weighted by Crippen LogP contribution is -2.33. The van der Waals surface area contributed by atoms with Gasteiger partial charge >= 0.3 is 0 Å². The van der Waals surface area contributed by atoms with Crippen molar-refractivity contribution in [2.45, 2.75) is 53.4 Å². The van der Waals surface area contributed by atoms with Crippen LogP contribution in [-0.4, -0.2) is 42.0 Å². The van der Waals surface area contributed by atoms with Gasteiger partial charge in [-0.3, -0.25) is 4.79 Å². The first-order chi connectivity index (χ1) is 10.7. The minimum Gasteiger partial charge on any atom is -0.370 e. The van der Waals surface area contributed by atoms with Crippen LogP contribution in [-0.2, 0) is 0 Å². The molecule has 0 aliphatic carbocycles. The largest absolute Gasteiger partial charge is 0.370 e. The molecule has 0 unspecified atom stereocenters. The normalized spacial score (nSPS) is 10.5. The molecule has 22 heavy (non-hydrogen) atoms. The van der Waals surface area contributed by atoms with Gasteiger partial charge < -0.3 is 9.80 Å². The van der Waals surface area contributed by atoms with Gasteiger partial charge in [-0.2, -0.15) is 0 Å². The van der Waals surface area contributed by atoms with Crippen LogP contribution >= 0.6 is 0 Å². The van der Waals surface area contributed by atoms with E-state index in [4.69, 9.17) is 0 Å². The van der Waals surface area contributed by atoms with Crippen LogP contribution in [0.15, 0.2) is 18.3 Å². The van der Waals surface area contributed by atoms with Gasteiger partial charge in [-0.1, -0.05) is 27.7 Å². The van der Waals surface area contributed by atoms with E-state index >= 15 is 0 Å². The van der Waals surface area contributed by atoms with Gasteiger partial charge in [0.25, 0.3) is 5.91 Å². The van der Waals surface area contributed by atoms with E-state index in [2.05, 4.69) is 37.6 Å². The number of hydrogen-bond acceptors (Lipinski definition) is 3. The number of pyridine rings is 1. The zero-order valence-electron chi connectivity index (χ0n) is 14.6. The molecule has 0 bridgehead atoms. The molecule has 0 radical (unpaired) electrons. The van der Waals surface area contributed by atoms with Gasteiger partial charge in [0, 0.05) is 26.2 Å². The lowest BCUT2D eigenvalue weighted by Gasteiger charge is -2.24. The Morgan fingerprint density at radius 3 is 1.86 bits per heavy atom. The molecular weight excluding hydrogens is 274 g/mol. The molecule has 0 N–H and O–H groups in total. The average Bonchev–Trinajstić information content (AvgIpc) is 2.54. The fourth-order valence-electron chi connectivity index (χ4n) is 2.63. The molecule has 1 rings (SSSR count). The molecule has 0 fully saturated rings. The van der Waals surface area contributed by atoms with Crippen LogP contribution < -0.4 is 4.90 Å². The summed E-state index contributed by atoms with van der Waals surface area (Å²) in [5, 5.41) is 0. The smallest absolute Gasteiger partial charge is 0.272 e. The number of hydrogen-bond donors (Lipinski definition) is 0. The molecule has 4 nitrogen and oxygen atoms in total. The number of rotatable bonds is 10. The predicted molar refractivity (Wildman–Crippen MR) is 93.5 cm³/mol. The molecule has 0 atom stereocenters. The summed E-state index contributed by atoms with van der Waals surface area (Å²) in [5.41, 5.74) is 1.66. The third-order valence-corrected chi connectivity index (χ3v) is 3.59. The van der Waals surface area contributed by atoms with E-state index in [0.29, 0.717) is 5.69 Å². The Morgan fingerprint density at radius 2 is 1.45 bits per heavy atom. The highest BCUT2D eigenvalue weighted by Crippen LogP contribution is 2.15. The molecule has 0 saturated carbocycles. The maximum atomic E-state index is 12.5. The van der Waals surface area contributed by atoms with E-state index in [9.17, 15) is 4.79 Å². The molecule has 1 aromatic rings. The summed E-state index contributed by atoms with van der Waals surface area (Å²) in [6.07, 6.45) is 6.02. The van der Waals surface area contributed by atoms with E-state index in [1.165, 1.54) is 0 Å². The van der Waals surface area contributed by atoms with Crippen LogP contribution in [0, 0.1) is 0 Å². The second-order valence-corrected chi connectivity index (χ2v) is 5.68. The summed E-state index contributed by atoms with van der Waals surface area (Å²) in [5.74, 6) is 0.0489. The van der Waals surface area contributed by atoms with Crippen LogP contribution in [0.4, 0.5) is 5.69 Å². The standard InChI is InChI=1S/C18H31N3O/c1-5-11-20(12-6-2)16-9-10-17(19-15-16)18(22)21(13-7-3)14-8-4/h9-10,15H,5-8,11-14H2,1-4H3. The highest BCUT2D eigenvalue weighted by molar-refractivity contribution is 5.92. The van der Waals surface area contributed by atoms with Crippen LogP contribution in [0.5, 0.6) is 0 Å². The van der Waals surface area contributed by atoms with E-state index < -0.39 is 0 Å². The van der Waals surface area contributed by atoms with E-state index in [1.807, 2.05) is 23.2 Å². The lowest BCUT2D eigenvalue weighted by molar-refractivity contribution is 0.0749. The molecule has 124 valence electrons. The Kier molecular flexibility index (Phi) is 8.56. The molecular formula is C18H31N3O. The first-order valence-corrected chi connectivity index (χ1v) is 8.68. The predicted octanol–water partition coefficient (Wildman–Crippen LogP) is 3.97. The number of anilines is 1. The fourth-order valence-corrected chi connectivity index (χ4v) is 2.63. The van der Waals surface area contributed by atoms with E-state index in [1.54, 1.807) is 0 Å². The lowest BCUT2D eigenvalue weighted by atomic mass is 10.2. The van der Waals surface area contributed by atoms with E-state index in [0.717, 1.165) is 57.5 Å². The topological polar surface area (TPSA) is 36.4 Å². The second kappa shape index (κ2) is 10.2. The molecule has 0 aliphatic rings. The average molecular weight is 305 g/mol. The first-order valence-electron chi connectivity index (χ1n) is 8.68. The SMILES string of the molecule is CCCN(CCC)C(=O)c1ccc(N(CCC)CCC)cn1. The zero-order chi connectivity index (χ0) is 16.4. The summed E-state index contributed by atoms with van der Waals surface area (Å²) in [7, 11) is 0. The van der Waals surface area contributed by atoms with Gasteiger partial charge in [-0.15, -0.1) is 0 Å². The van der Waals surface area contributed by atoms with Crippen molar-refractivity contribution in [1.82, 2.24) is 9.88 Å². The van der Waals surface area contributed by atoms with E-state index in [-0.39, 0.29) is 5.91 Å². The van der Waals surface area contributed by atoms with Crippen molar-refractivity contribution in [1.29, 1.82) is 0 Å². The quantitative estimate of drug-likeness (QED) is 0.656. The number of carbonyl (C=O) groups is 1. The molecule has 0 saturated heterocycles. The van der Waals surface area contributed by atoms with Crippen molar-refractivity contribution < 1.29 is 4.79 Å². The minimum absolute atomic E-state index is 0.0489. The second-order valence-electron chi connectivity index (χ2n) is 5.68. The Bertz CT molecular complexity index is 418. The van der Waals surface area contributed by atoms with Crippen molar-refractivity contribution in [2.75, 3.05) is 31.1 Å². The number of carbonyl (C=O) groups excluding carboxylic acids is 1. The summed E-state index contributed by atoms with van der Waals surface area (Å²) >= 11 is 0. The van der Waals surface area contributed by atoms with Gasteiger partial charge in [-0.25, -0.2) is 4.98 Å². The van der Waals surface area contributed by atoms with Gasteiger partial charge in [0.05, 0.1) is 11.9 Å². The summed E-state index contributed by atoms with van der Waals surface area (Å²) in [6, 6.07) is 3.90. The van der Waals surface area contributed by atoms with Crippen molar-refractivity contribution in [3.05, 3.63) is 24.0 Å². The van der Waals surface area contributed by atoms with Gasteiger partial charge in [-0.05, 0) is 37.8 Å². The third-order valence-electron chi connectivity index (χ3n) is 3.59. The Morgan fingerprint density at radius 1 is 0.909 bits per heavy atom. The van der Waals surface area contributed by atoms with Crippen molar-refractivity contribution >= 4 is 11.6 Å². The highest BCUT2D eigenvalue weighted by Gasteiger charge is 2.16. The zero-order valence-corrected chi connectivity index (χ0v) is 14.6. The Balaban J connectivity index is 2.83. The molecule has 0 spiro atoms. The number of nitrogens with zero attached hydrogens (tertiary/aromatic N) is 3. The van der Waals surface area contributed by atoms with Gasteiger partial charge in [0.15, 0.2) is 0 Å². The molecule has 0 aliphatic heterocycles. The van der Waals surface area contributed by atoms with Crippen molar-refractivity contribution in [2.24, 2.45) is 0 Å². The maximum Gasteiger partial charge on any atom is 0.272 e. The molecule has 1 aromatic heterocycles. The number of amides is 1. The summed E-state index contributed by atoms with van der Waals surface area (Å²) in [6.45, 7) is 12.2. The Hall–Kier alpha value is -1.58. The maximum absolute atomic E-state index is 12.5. The molecule has 4 heteroatoms. The van der Waals surface area contributed by atoms with Crippen molar-refractivity contribution in [3.8, 4) is 0 Å². The first kappa shape index (κ1) is 18.5. The van der Waals surface area contributed by atoms with Crippen LogP contribution in [0.25, 0.3) is 0 Å². The molecule has 1 amide bonds.